The van der Waals surface area contributed by atoms with Crippen molar-refractivity contribution in [3.05, 3.63) is 17.8 Å². The minimum atomic E-state index is 0.491. The van der Waals surface area contributed by atoms with Crippen molar-refractivity contribution >= 4 is 5.82 Å². The van der Waals surface area contributed by atoms with Gasteiger partial charge >= 0.3 is 0 Å². The van der Waals surface area contributed by atoms with Gasteiger partial charge in [-0.2, -0.15) is 5.10 Å². The highest BCUT2D eigenvalue weighted by molar-refractivity contribution is 5.39. The Bertz CT molecular complexity index is 370. The van der Waals surface area contributed by atoms with E-state index in [1.54, 1.807) is 0 Å². The fraction of sp³-hybridized carbons (Fsp3) is 0.714. The highest BCUT2D eigenvalue weighted by atomic mass is 15.3. The highest BCUT2D eigenvalue weighted by Crippen LogP contribution is 2.38. The number of hydrogen-bond acceptors (Lipinski definition) is 4. The van der Waals surface area contributed by atoms with Gasteiger partial charge in [-0.1, -0.05) is 13.8 Å². The number of nitrogens with zero attached hydrogens (tertiary/aromatic N) is 3. The lowest BCUT2D eigenvalue weighted by atomic mass is 9.82. The van der Waals surface area contributed by atoms with E-state index in [1.165, 1.54) is 19.3 Å². The molecule has 2 rings (SSSR count). The standard InChI is InChI=1S/C14H24N4/c1-4-14(5-2)8-9-18(11-14)13-7-6-12(10-15-3)16-17-13/h6-7,15H,4-5,8-11H2,1-3H3. The van der Waals surface area contributed by atoms with Crippen LogP contribution in [0.25, 0.3) is 0 Å². The molecule has 1 aromatic rings. The molecule has 0 aliphatic carbocycles. The van der Waals surface area contributed by atoms with E-state index >= 15 is 0 Å². The van der Waals surface area contributed by atoms with E-state index in [0.717, 1.165) is 31.1 Å². The molecule has 0 radical (unpaired) electrons. The Balaban J connectivity index is 2.05. The lowest BCUT2D eigenvalue weighted by molar-refractivity contribution is 0.301. The molecule has 1 N–H and O–H groups in total. The zero-order valence-corrected chi connectivity index (χ0v) is 11.7. The average molecular weight is 248 g/mol. The first-order chi connectivity index (χ1) is 8.73. The second kappa shape index (κ2) is 5.65. The minimum absolute atomic E-state index is 0.491. The zero-order chi connectivity index (χ0) is 13.0. The molecule has 2 heterocycles. The van der Waals surface area contributed by atoms with Gasteiger partial charge in [-0.3, -0.25) is 0 Å². The van der Waals surface area contributed by atoms with Crippen LogP contribution in [0.3, 0.4) is 0 Å². The summed E-state index contributed by atoms with van der Waals surface area (Å²) >= 11 is 0. The van der Waals surface area contributed by atoms with Crippen molar-refractivity contribution in [2.45, 2.75) is 39.7 Å². The first kappa shape index (κ1) is 13.3. The summed E-state index contributed by atoms with van der Waals surface area (Å²) in [6.07, 6.45) is 3.79. The van der Waals surface area contributed by atoms with Gasteiger partial charge in [-0.05, 0) is 43.9 Å². The van der Waals surface area contributed by atoms with Crippen LogP contribution in [0.5, 0.6) is 0 Å². The van der Waals surface area contributed by atoms with Crippen LogP contribution in [0.1, 0.15) is 38.8 Å². The Labute approximate surface area is 110 Å². The molecule has 1 fully saturated rings. The van der Waals surface area contributed by atoms with Gasteiger partial charge < -0.3 is 10.2 Å². The molecule has 1 aliphatic heterocycles. The van der Waals surface area contributed by atoms with Crippen molar-refractivity contribution in [2.24, 2.45) is 5.41 Å². The minimum Gasteiger partial charge on any atom is -0.355 e. The van der Waals surface area contributed by atoms with E-state index < -0.39 is 0 Å². The van der Waals surface area contributed by atoms with E-state index in [2.05, 4.69) is 46.4 Å². The summed E-state index contributed by atoms with van der Waals surface area (Å²) in [5.41, 5.74) is 1.49. The Morgan fingerprint density at radius 3 is 2.56 bits per heavy atom. The molecule has 1 aromatic heterocycles. The van der Waals surface area contributed by atoms with Crippen molar-refractivity contribution in [1.82, 2.24) is 15.5 Å². The number of anilines is 1. The lowest BCUT2D eigenvalue weighted by Crippen LogP contribution is -2.27. The molecule has 4 nitrogen and oxygen atoms in total. The first-order valence-corrected chi connectivity index (χ1v) is 6.95. The fourth-order valence-electron chi connectivity index (χ4n) is 2.75. The third-order valence-electron chi connectivity index (χ3n) is 4.33. The fourth-order valence-corrected chi connectivity index (χ4v) is 2.75. The molecule has 0 amide bonds. The molecule has 0 unspecified atom stereocenters. The van der Waals surface area contributed by atoms with Gasteiger partial charge in [-0.25, -0.2) is 0 Å². The summed E-state index contributed by atoms with van der Waals surface area (Å²) < 4.78 is 0. The first-order valence-electron chi connectivity index (χ1n) is 6.95. The largest absolute Gasteiger partial charge is 0.355 e. The van der Waals surface area contributed by atoms with Crippen molar-refractivity contribution in [3.8, 4) is 0 Å². The monoisotopic (exact) mass is 248 g/mol. The SMILES string of the molecule is CCC1(CC)CCN(c2ccc(CNC)nn2)C1. The van der Waals surface area contributed by atoms with E-state index in [9.17, 15) is 0 Å². The predicted octanol–water partition coefficient (Wildman–Crippen LogP) is 2.21. The molecule has 0 aromatic carbocycles. The van der Waals surface area contributed by atoms with Gasteiger partial charge in [0.25, 0.3) is 0 Å². The van der Waals surface area contributed by atoms with Crippen LogP contribution in [-0.2, 0) is 6.54 Å². The predicted molar refractivity (Wildman–Crippen MR) is 74.6 cm³/mol. The van der Waals surface area contributed by atoms with Gasteiger partial charge in [0, 0.05) is 19.6 Å². The summed E-state index contributed by atoms with van der Waals surface area (Å²) in [5, 5.41) is 11.7. The highest BCUT2D eigenvalue weighted by Gasteiger charge is 2.35. The van der Waals surface area contributed by atoms with E-state index in [1.807, 2.05) is 7.05 Å². The molecule has 0 saturated carbocycles. The van der Waals surface area contributed by atoms with Crippen LogP contribution < -0.4 is 10.2 Å². The lowest BCUT2D eigenvalue weighted by Gasteiger charge is -2.26. The second-order valence-electron chi connectivity index (χ2n) is 5.29. The molecule has 0 bridgehead atoms. The number of hydrogen-bond donors (Lipinski definition) is 1. The molecule has 4 heteroatoms. The van der Waals surface area contributed by atoms with Crippen molar-refractivity contribution in [1.29, 1.82) is 0 Å². The Hall–Kier alpha value is -1.16. The maximum Gasteiger partial charge on any atom is 0.151 e. The molecule has 0 spiro atoms. The topological polar surface area (TPSA) is 41.0 Å². The van der Waals surface area contributed by atoms with Crippen LogP contribution in [0.4, 0.5) is 5.82 Å². The van der Waals surface area contributed by atoms with E-state index in [-0.39, 0.29) is 0 Å². The van der Waals surface area contributed by atoms with Crippen LogP contribution in [0.2, 0.25) is 0 Å². The number of aromatic nitrogens is 2. The summed E-state index contributed by atoms with van der Waals surface area (Å²) in [6.45, 7) is 7.62. The summed E-state index contributed by atoms with van der Waals surface area (Å²) in [6, 6.07) is 4.16. The number of rotatable bonds is 5. The van der Waals surface area contributed by atoms with Gasteiger partial charge in [0.05, 0.1) is 5.69 Å². The quantitative estimate of drug-likeness (QED) is 0.867. The molecule has 18 heavy (non-hydrogen) atoms. The van der Waals surface area contributed by atoms with Crippen LogP contribution >= 0.6 is 0 Å². The average Bonchev–Trinajstić information content (AvgIpc) is 2.85. The van der Waals surface area contributed by atoms with Gasteiger partial charge in [0.15, 0.2) is 5.82 Å². The second-order valence-corrected chi connectivity index (χ2v) is 5.29. The zero-order valence-electron chi connectivity index (χ0n) is 11.7. The van der Waals surface area contributed by atoms with E-state index in [4.69, 9.17) is 0 Å². The molecule has 100 valence electrons. The number of nitrogens with one attached hydrogen (secondary N) is 1. The third kappa shape index (κ3) is 2.64. The summed E-state index contributed by atoms with van der Waals surface area (Å²) in [7, 11) is 1.92. The molecular formula is C14H24N4. The summed E-state index contributed by atoms with van der Waals surface area (Å²) in [5.74, 6) is 1.03. The Morgan fingerprint density at radius 1 is 1.28 bits per heavy atom. The van der Waals surface area contributed by atoms with E-state index in [0.29, 0.717) is 5.41 Å². The summed E-state index contributed by atoms with van der Waals surface area (Å²) in [4.78, 5) is 2.38. The van der Waals surface area contributed by atoms with Crippen molar-refractivity contribution in [3.63, 3.8) is 0 Å². The van der Waals surface area contributed by atoms with Crippen LogP contribution in [-0.4, -0.2) is 30.3 Å². The van der Waals surface area contributed by atoms with Gasteiger partial charge in [-0.15, -0.1) is 5.10 Å². The van der Waals surface area contributed by atoms with Crippen LogP contribution in [0.15, 0.2) is 12.1 Å². The molecule has 1 saturated heterocycles. The third-order valence-corrected chi connectivity index (χ3v) is 4.33. The Kier molecular flexibility index (Phi) is 4.17. The molecule has 1 aliphatic rings. The molecular weight excluding hydrogens is 224 g/mol. The van der Waals surface area contributed by atoms with Crippen LogP contribution in [0, 0.1) is 5.41 Å². The van der Waals surface area contributed by atoms with Gasteiger partial charge in [0.2, 0.25) is 0 Å². The van der Waals surface area contributed by atoms with Gasteiger partial charge in [0.1, 0.15) is 0 Å². The maximum atomic E-state index is 4.35. The maximum absolute atomic E-state index is 4.35. The molecule has 0 atom stereocenters. The Morgan fingerprint density at radius 2 is 2.06 bits per heavy atom. The normalized spacial score (nSPS) is 18.3. The van der Waals surface area contributed by atoms with Crippen molar-refractivity contribution < 1.29 is 0 Å². The van der Waals surface area contributed by atoms with Crippen molar-refractivity contribution in [2.75, 3.05) is 25.0 Å². The smallest absolute Gasteiger partial charge is 0.151 e.